The Kier molecular flexibility index (Phi) is 4.90. The highest BCUT2D eigenvalue weighted by Crippen LogP contribution is 2.47. The van der Waals surface area contributed by atoms with E-state index >= 15 is 0 Å². The quantitative estimate of drug-likeness (QED) is 0.836. The second-order valence-corrected chi connectivity index (χ2v) is 7.26. The summed E-state index contributed by atoms with van der Waals surface area (Å²) in [4.78, 5) is 29.4. The van der Waals surface area contributed by atoms with E-state index in [4.69, 9.17) is 0 Å². The molecular formula is C19H27N3O2. The molecule has 0 spiro atoms. The van der Waals surface area contributed by atoms with Crippen LogP contribution in [0.3, 0.4) is 0 Å². The average molecular weight is 329 g/mol. The van der Waals surface area contributed by atoms with Crippen molar-refractivity contribution in [3.8, 4) is 0 Å². The third-order valence-electron chi connectivity index (χ3n) is 4.92. The molecule has 24 heavy (non-hydrogen) atoms. The normalized spacial score (nSPS) is 20.0. The van der Waals surface area contributed by atoms with Gasteiger partial charge in [0.15, 0.2) is 0 Å². The summed E-state index contributed by atoms with van der Waals surface area (Å²) in [7, 11) is 0. The monoisotopic (exact) mass is 329 g/mol. The van der Waals surface area contributed by atoms with Crippen LogP contribution in [0.25, 0.3) is 0 Å². The van der Waals surface area contributed by atoms with Crippen molar-refractivity contribution in [2.75, 3.05) is 26.2 Å². The number of nitrogens with one attached hydrogen (secondary N) is 1. The second kappa shape index (κ2) is 6.93. The van der Waals surface area contributed by atoms with Gasteiger partial charge in [-0.15, -0.1) is 0 Å². The zero-order valence-corrected chi connectivity index (χ0v) is 14.6. The number of nitrogens with zero attached hydrogens (tertiary/aromatic N) is 2. The predicted molar refractivity (Wildman–Crippen MR) is 93.2 cm³/mol. The SMILES string of the molecule is CC(C)NC(=O)C1(C(=O)N2CCN(Cc3ccccc3)CC2)CC1. The van der Waals surface area contributed by atoms with E-state index in [0.717, 1.165) is 19.6 Å². The maximum atomic E-state index is 12.8. The topological polar surface area (TPSA) is 52.7 Å². The largest absolute Gasteiger partial charge is 0.353 e. The van der Waals surface area contributed by atoms with Crippen molar-refractivity contribution in [3.63, 3.8) is 0 Å². The molecule has 5 heteroatoms. The van der Waals surface area contributed by atoms with Gasteiger partial charge in [0, 0.05) is 38.8 Å². The molecule has 1 saturated carbocycles. The van der Waals surface area contributed by atoms with E-state index in [1.165, 1.54) is 5.56 Å². The van der Waals surface area contributed by atoms with Crippen LogP contribution in [-0.2, 0) is 16.1 Å². The van der Waals surface area contributed by atoms with E-state index in [0.29, 0.717) is 25.9 Å². The summed E-state index contributed by atoms with van der Waals surface area (Å²) < 4.78 is 0. The van der Waals surface area contributed by atoms with E-state index in [2.05, 4.69) is 34.5 Å². The Labute approximate surface area is 144 Å². The number of hydrogen-bond donors (Lipinski definition) is 1. The van der Waals surface area contributed by atoms with Gasteiger partial charge < -0.3 is 10.2 Å². The minimum absolute atomic E-state index is 0.0278. The van der Waals surface area contributed by atoms with Gasteiger partial charge >= 0.3 is 0 Å². The minimum atomic E-state index is -0.772. The Morgan fingerprint density at radius 1 is 1.08 bits per heavy atom. The van der Waals surface area contributed by atoms with Crippen LogP contribution in [0.5, 0.6) is 0 Å². The summed E-state index contributed by atoms with van der Waals surface area (Å²) in [6.45, 7) is 7.93. The van der Waals surface area contributed by atoms with Gasteiger partial charge in [0.25, 0.3) is 0 Å². The number of amides is 2. The predicted octanol–water partition coefficient (Wildman–Crippen LogP) is 1.64. The molecule has 1 aliphatic carbocycles. The molecule has 1 aliphatic heterocycles. The van der Waals surface area contributed by atoms with E-state index < -0.39 is 5.41 Å². The van der Waals surface area contributed by atoms with Crippen LogP contribution < -0.4 is 5.32 Å². The summed E-state index contributed by atoms with van der Waals surface area (Å²) in [5.41, 5.74) is 0.526. The first kappa shape index (κ1) is 17.0. The molecule has 0 aromatic heterocycles. The second-order valence-electron chi connectivity index (χ2n) is 7.26. The lowest BCUT2D eigenvalue weighted by atomic mass is 10.0. The summed E-state index contributed by atoms with van der Waals surface area (Å²) in [6, 6.07) is 10.5. The first-order valence-electron chi connectivity index (χ1n) is 8.88. The van der Waals surface area contributed by atoms with Gasteiger partial charge in [0.2, 0.25) is 11.8 Å². The molecule has 0 unspecified atom stereocenters. The minimum Gasteiger partial charge on any atom is -0.353 e. The molecule has 2 fully saturated rings. The molecule has 0 bridgehead atoms. The molecule has 2 amide bonds. The molecule has 0 radical (unpaired) electrons. The standard InChI is InChI=1S/C19H27N3O2/c1-15(2)20-17(23)19(8-9-19)18(24)22-12-10-21(11-13-22)14-16-6-4-3-5-7-16/h3-7,15H,8-14H2,1-2H3,(H,20,23). The van der Waals surface area contributed by atoms with Crippen molar-refractivity contribution in [2.24, 2.45) is 5.41 Å². The van der Waals surface area contributed by atoms with Gasteiger partial charge in [0.1, 0.15) is 5.41 Å². The number of hydrogen-bond acceptors (Lipinski definition) is 3. The van der Waals surface area contributed by atoms with Gasteiger partial charge in [-0.05, 0) is 32.3 Å². The fourth-order valence-corrected chi connectivity index (χ4v) is 3.32. The third kappa shape index (κ3) is 3.61. The molecule has 1 N–H and O–H groups in total. The van der Waals surface area contributed by atoms with Gasteiger partial charge in [-0.2, -0.15) is 0 Å². The molecule has 1 saturated heterocycles. The van der Waals surface area contributed by atoms with Crippen molar-refractivity contribution in [1.29, 1.82) is 0 Å². The Morgan fingerprint density at radius 3 is 2.25 bits per heavy atom. The van der Waals surface area contributed by atoms with Crippen LogP contribution in [0.4, 0.5) is 0 Å². The third-order valence-corrected chi connectivity index (χ3v) is 4.92. The Balaban J connectivity index is 1.53. The molecular weight excluding hydrogens is 302 g/mol. The van der Waals surface area contributed by atoms with Gasteiger partial charge in [-0.1, -0.05) is 30.3 Å². The van der Waals surface area contributed by atoms with Crippen LogP contribution in [0.15, 0.2) is 30.3 Å². The molecule has 0 atom stereocenters. The molecule has 1 aromatic rings. The average Bonchev–Trinajstić information content (AvgIpc) is 3.37. The van der Waals surface area contributed by atoms with Crippen molar-refractivity contribution < 1.29 is 9.59 Å². The van der Waals surface area contributed by atoms with Crippen LogP contribution in [0, 0.1) is 5.41 Å². The van der Waals surface area contributed by atoms with Crippen molar-refractivity contribution >= 4 is 11.8 Å². The highest BCUT2D eigenvalue weighted by molar-refractivity contribution is 6.08. The van der Waals surface area contributed by atoms with E-state index in [1.807, 2.05) is 24.8 Å². The number of rotatable bonds is 5. The zero-order chi connectivity index (χ0) is 17.2. The van der Waals surface area contributed by atoms with Gasteiger partial charge in [-0.3, -0.25) is 14.5 Å². The van der Waals surface area contributed by atoms with Crippen molar-refractivity contribution in [1.82, 2.24) is 15.1 Å². The summed E-state index contributed by atoms with van der Waals surface area (Å²) in [5.74, 6) is -0.0609. The Hall–Kier alpha value is -1.88. The molecule has 1 aromatic carbocycles. The Morgan fingerprint density at radius 2 is 1.71 bits per heavy atom. The zero-order valence-electron chi connectivity index (χ0n) is 14.6. The lowest BCUT2D eigenvalue weighted by molar-refractivity contribution is -0.145. The van der Waals surface area contributed by atoms with E-state index in [-0.39, 0.29) is 17.9 Å². The highest BCUT2D eigenvalue weighted by Gasteiger charge is 2.58. The Bertz CT molecular complexity index is 588. The maximum absolute atomic E-state index is 12.8. The lowest BCUT2D eigenvalue weighted by Gasteiger charge is -2.36. The van der Waals surface area contributed by atoms with E-state index in [1.54, 1.807) is 0 Å². The van der Waals surface area contributed by atoms with Gasteiger partial charge in [0.05, 0.1) is 0 Å². The van der Waals surface area contributed by atoms with Crippen LogP contribution in [0.1, 0.15) is 32.3 Å². The number of carbonyl (C=O) groups is 2. The molecule has 3 rings (SSSR count). The maximum Gasteiger partial charge on any atom is 0.238 e. The smallest absolute Gasteiger partial charge is 0.238 e. The van der Waals surface area contributed by atoms with Crippen LogP contribution in [0.2, 0.25) is 0 Å². The molecule has 130 valence electrons. The summed E-state index contributed by atoms with van der Waals surface area (Å²) in [6.07, 6.45) is 1.38. The summed E-state index contributed by atoms with van der Waals surface area (Å²) >= 11 is 0. The highest BCUT2D eigenvalue weighted by atomic mass is 16.2. The molecule has 2 aliphatic rings. The van der Waals surface area contributed by atoms with Crippen LogP contribution in [-0.4, -0.2) is 53.8 Å². The van der Waals surface area contributed by atoms with Crippen molar-refractivity contribution in [2.45, 2.75) is 39.3 Å². The van der Waals surface area contributed by atoms with Crippen LogP contribution >= 0.6 is 0 Å². The summed E-state index contributed by atoms with van der Waals surface area (Å²) in [5, 5.41) is 2.91. The first-order chi connectivity index (χ1) is 11.5. The number of carbonyl (C=O) groups excluding carboxylic acids is 2. The van der Waals surface area contributed by atoms with Gasteiger partial charge in [-0.25, -0.2) is 0 Å². The molecule has 1 heterocycles. The number of benzene rings is 1. The first-order valence-corrected chi connectivity index (χ1v) is 8.88. The fourth-order valence-electron chi connectivity index (χ4n) is 3.32. The van der Waals surface area contributed by atoms with Crippen molar-refractivity contribution in [3.05, 3.63) is 35.9 Å². The number of piperazine rings is 1. The lowest BCUT2D eigenvalue weighted by Crippen LogP contribution is -2.53. The molecule has 5 nitrogen and oxygen atoms in total. The van der Waals surface area contributed by atoms with E-state index in [9.17, 15) is 9.59 Å². The fraction of sp³-hybridized carbons (Fsp3) is 0.579.